The second-order valence-corrected chi connectivity index (χ2v) is 4.84. The Balaban J connectivity index is 2.33. The van der Waals surface area contributed by atoms with Gasteiger partial charge in [-0.25, -0.2) is 4.98 Å². The standard InChI is InChI=1S/C13H16ClN3O/c14-12-10(9-15)5-6-16-13(12)17(7-8-18)11-3-1-2-4-11/h5-6,11,18H,1-4,7-8H2. The van der Waals surface area contributed by atoms with Crippen molar-refractivity contribution in [3.05, 3.63) is 22.8 Å². The minimum atomic E-state index is 0.0608. The predicted octanol–water partition coefficient (Wildman–Crippen LogP) is 2.35. The quantitative estimate of drug-likeness (QED) is 0.908. The summed E-state index contributed by atoms with van der Waals surface area (Å²) in [6.45, 7) is 0.567. The van der Waals surface area contributed by atoms with Crippen molar-refractivity contribution < 1.29 is 5.11 Å². The Morgan fingerprint density at radius 2 is 2.22 bits per heavy atom. The van der Waals surface area contributed by atoms with E-state index in [1.165, 1.54) is 12.8 Å². The zero-order chi connectivity index (χ0) is 13.0. The molecule has 0 atom stereocenters. The lowest BCUT2D eigenvalue weighted by molar-refractivity contribution is 0.297. The molecular formula is C13H16ClN3O. The Morgan fingerprint density at radius 1 is 1.50 bits per heavy atom. The molecule has 4 nitrogen and oxygen atoms in total. The maximum absolute atomic E-state index is 9.20. The summed E-state index contributed by atoms with van der Waals surface area (Å²) in [5.74, 6) is 0.622. The fraction of sp³-hybridized carbons (Fsp3) is 0.538. The van der Waals surface area contributed by atoms with Crippen molar-refractivity contribution in [2.75, 3.05) is 18.1 Å². The Labute approximate surface area is 112 Å². The molecule has 1 aromatic heterocycles. The van der Waals surface area contributed by atoms with Gasteiger partial charge < -0.3 is 10.0 Å². The predicted molar refractivity (Wildman–Crippen MR) is 70.6 cm³/mol. The topological polar surface area (TPSA) is 60.2 Å². The third-order valence-electron chi connectivity index (χ3n) is 3.37. The van der Waals surface area contributed by atoms with Crippen molar-refractivity contribution in [3.63, 3.8) is 0 Å². The molecule has 1 aliphatic carbocycles. The fourth-order valence-corrected chi connectivity index (χ4v) is 2.77. The van der Waals surface area contributed by atoms with Gasteiger partial charge in [0, 0.05) is 18.8 Å². The first-order chi connectivity index (χ1) is 8.77. The van der Waals surface area contributed by atoms with Crippen LogP contribution >= 0.6 is 11.6 Å². The van der Waals surface area contributed by atoms with Gasteiger partial charge in [-0.1, -0.05) is 24.4 Å². The Bertz CT molecular complexity index is 452. The lowest BCUT2D eigenvalue weighted by Crippen LogP contribution is -2.36. The Kier molecular flexibility index (Phi) is 4.40. The second kappa shape index (κ2) is 6.03. The molecule has 1 N–H and O–H groups in total. The highest BCUT2D eigenvalue weighted by Crippen LogP contribution is 2.32. The number of pyridine rings is 1. The number of aliphatic hydroxyl groups excluding tert-OH is 1. The van der Waals surface area contributed by atoms with Crippen LogP contribution in [0.3, 0.4) is 0 Å². The summed E-state index contributed by atoms with van der Waals surface area (Å²) in [6.07, 6.45) is 6.17. The molecule has 0 amide bonds. The van der Waals surface area contributed by atoms with Crippen LogP contribution in [0.4, 0.5) is 5.82 Å². The molecule has 0 bridgehead atoms. The molecule has 1 aromatic rings. The van der Waals surface area contributed by atoms with E-state index in [2.05, 4.69) is 11.1 Å². The minimum absolute atomic E-state index is 0.0608. The van der Waals surface area contributed by atoms with Crippen LogP contribution in [0.15, 0.2) is 12.3 Å². The normalized spacial score (nSPS) is 15.6. The molecule has 1 fully saturated rings. The van der Waals surface area contributed by atoms with Gasteiger partial charge in [-0.3, -0.25) is 0 Å². The number of rotatable bonds is 4. The van der Waals surface area contributed by atoms with E-state index in [0.29, 0.717) is 29.0 Å². The smallest absolute Gasteiger partial charge is 0.149 e. The fourth-order valence-electron chi connectivity index (χ4n) is 2.50. The zero-order valence-electron chi connectivity index (χ0n) is 10.1. The second-order valence-electron chi connectivity index (χ2n) is 4.46. The van der Waals surface area contributed by atoms with Crippen molar-refractivity contribution in [2.45, 2.75) is 31.7 Å². The molecule has 96 valence electrons. The minimum Gasteiger partial charge on any atom is -0.395 e. The van der Waals surface area contributed by atoms with Gasteiger partial charge in [0.25, 0.3) is 0 Å². The first-order valence-corrected chi connectivity index (χ1v) is 6.58. The van der Waals surface area contributed by atoms with E-state index in [4.69, 9.17) is 16.9 Å². The van der Waals surface area contributed by atoms with Gasteiger partial charge in [0.2, 0.25) is 0 Å². The molecule has 0 unspecified atom stereocenters. The summed E-state index contributed by atoms with van der Waals surface area (Å²) >= 11 is 6.21. The molecule has 2 rings (SSSR count). The molecular weight excluding hydrogens is 250 g/mol. The molecule has 0 radical (unpaired) electrons. The van der Waals surface area contributed by atoms with Crippen LogP contribution in [0.5, 0.6) is 0 Å². The molecule has 0 aliphatic heterocycles. The summed E-state index contributed by atoms with van der Waals surface area (Å²) < 4.78 is 0. The molecule has 0 aromatic carbocycles. The van der Waals surface area contributed by atoms with Gasteiger partial charge in [0.05, 0.1) is 12.2 Å². The maximum Gasteiger partial charge on any atom is 0.149 e. The number of nitriles is 1. The number of anilines is 1. The SMILES string of the molecule is N#Cc1ccnc(N(CCO)C2CCCC2)c1Cl. The number of aliphatic hydroxyl groups is 1. The summed E-state index contributed by atoms with van der Waals surface area (Å²) in [5, 5.41) is 18.6. The first kappa shape index (κ1) is 13.1. The molecule has 0 spiro atoms. The van der Waals surface area contributed by atoms with Gasteiger partial charge in [0.1, 0.15) is 16.9 Å². The van der Waals surface area contributed by atoms with Gasteiger partial charge in [0.15, 0.2) is 0 Å². The first-order valence-electron chi connectivity index (χ1n) is 6.20. The molecule has 18 heavy (non-hydrogen) atoms. The third-order valence-corrected chi connectivity index (χ3v) is 3.74. The van der Waals surface area contributed by atoms with Gasteiger partial charge in [-0.05, 0) is 18.9 Å². The average Bonchev–Trinajstić information content (AvgIpc) is 2.90. The van der Waals surface area contributed by atoms with E-state index in [0.717, 1.165) is 12.8 Å². The number of nitrogens with zero attached hydrogens (tertiary/aromatic N) is 3. The zero-order valence-corrected chi connectivity index (χ0v) is 10.9. The number of aromatic nitrogens is 1. The Hall–Kier alpha value is -1.31. The summed E-state index contributed by atoms with van der Waals surface area (Å²) in [4.78, 5) is 6.32. The van der Waals surface area contributed by atoms with Crippen LogP contribution in [0.1, 0.15) is 31.2 Å². The van der Waals surface area contributed by atoms with Crippen molar-refractivity contribution in [1.82, 2.24) is 4.98 Å². The lowest BCUT2D eigenvalue weighted by Gasteiger charge is -2.30. The van der Waals surface area contributed by atoms with Crippen LogP contribution in [-0.2, 0) is 0 Å². The van der Waals surface area contributed by atoms with E-state index < -0.39 is 0 Å². The highest BCUT2D eigenvalue weighted by atomic mass is 35.5. The van der Waals surface area contributed by atoms with Crippen molar-refractivity contribution in [2.24, 2.45) is 0 Å². The highest BCUT2D eigenvalue weighted by Gasteiger charge is 2.25. The molecule has 5 heteroatoms. The van der Waals surface area contributed by atoms with Crippen molar-refractivity contribution in [3.8, 4) is 6.07 Å². The number of halogens is 1. The third kappa shape index (κ3) is 2.58. The largest absolute Gasteiger partial charge is 0.395 e. The maximum atomic E-state index is 9.20. The lowest BCUT2D eigenvalue weighted by atomic mass is 10.2. The van der Waals surface area contributed by atoms with E-state index >= 15 is 0 Å². The number of hydrogen-bond donors (Lipinski definition) is 1. The average molecular weight is 266 g/mol. The van der Waals surface area contributed by atoms with E-state index in [1.54, 1.807) is 12.3 Å². The van der Waals surface area contributed by atoms with E-state index in [1.807, 2.05) is 4.90 Å². The van der Waals surface area contributed by atoms with E-state index in [-0.39, 0.29) is 6.61 Å². The van der Waals surface area contributed by atoms with Gasteiger partial charge >= 0.3 is 0 Å². The van der Waals surface area contributed by atoms with E-state index in [9.17, 15) is 5.11 Å². The summed E-state index contributed by atoms with van der Waals surface area (Å²) in [7, 11) is 0. The van der Waals surface area contributed by atoms with Crippen molar-refractivity contribution >= 4 is 17.4 Å². The van der Waals surface area contributed by atoms with Crippen LogP contribution < -0.4 is 4.90 Å². The number of hydrogen-bond acceptors (Lipinski definition) is 4. The van der Waals surface area contributed by atoms with Crippen LogP contribution in [-0.4, -0.2) is 29.3 Å². The molecule has 1 heterocycles. The highest BCUT2D eigenvalue weighted by molar-refractivity contribution is 6.34. The van der Waals surface area contributed by atoms with Gasteiger partial charge in [-0.2, -0.15) is 5.26 Å². The summed E-state index contributed by atoms with van der Waals surface area (Å²) in [6, 6.07) is 4.04. The van der Waals surface area contributed by atoms with Crippen LogP contribution in [0.2, 0.25) is 5.02 Å². The van der Waals surface area contributed by atoms with Crippen LogP contribution in [0.25, 0.3) is 0 Å². The molecule has 1 aliphatic rings. The Morgan fingerprint density at radius 3 is 2.83 bits per heavy atom. The molecule has 0 saturated heterocycles. The van der Waals surface area contributed by atoms with Crippen LogP contribution in [0, 0.1) is 11.3 Å². The van der Waals surface area contributed by atoms with Gasteiger partial charge in [-0.15, -0.1) is 0 Å². The summed E-state index contributed by atoms with van der Waals surface area (Å²) in [5.41, 5.74) is 0.433. The molecule has 1 saturated carbocycles. The van der Waals surface area contributed by atoms with Crippen molar-refractivity contribution in [1.29, 1.82) is 5.26 Å². The monoisotopic (exact) mass is 265 g/mol.